The number of likely N-dealkylation sites (N-methyl/N-ethyl adjacent to an activating group) is 1. The number of rotatable bonds is 3. The second-order valence-electron chi connectivity index (χ2n) is 7.60. The van der Waals surface area contributed by atoms with Crippen LogP contribution < -0.4 is 20.1 Å². The molecule has 8 nitrogen and oxygen atoms in total. The van der Waals surface area contributed by atoms with Crippen LogP contribution in [0.5, 0.6) is 11.8 Å². The zero-order valence-corrected chi connectivity index (χ0v) is 19.4. The van der Waals surface area contributed by atoms with Gasteiger partial charge in [0.15, 0.2) is 11.6 Å². The molecule has 1 aliphatic rings. The number of hydrogen-bond donors (Lipinski definition) is 2. The van der Waals surface area contributed by atoms with Crippen LogP contribution in [0.1, 0.15) is 5.56 Å². The number of halogens is 3. The molecule has 0 aliphatic carbocycles. The van der Waals surface area contributed by atoms with E-state index in [1.807, 2.05) is 6.07 Å². The van der Waals surface area contributed by atoms with E-state index >= 15 is 4.39 Å². The third-order valence-electron chi connectivity index (χ3n) is 5.84. The molecule has 4 aromatic rings. The van der Waals surface area contributed by atoms with Crippen molar-refractivity contribution >= 4 is 54.7 Å². The first-order chi connectivity index (χ1) is 16.3. The first-order valence-electron chi connectivity index (χ1n) is 9.96. The van der Waals surface area contributed by atoms with Crippen molar-refractivity contribution in [1.82, 2.24) is 9.97 Å². The monoisotopic (exact) mass is 503 g/mol. The minimum Gasteiger partial charge on any atom is -0.489 e. The van der Waals surface area contributed by atoms with Gasteiger partial charge >= 0.3 is 6.01 Å². The summed E-state index contributed by atoms with van der Waals surface area (Å²) in [6.07, 6.45) is 0. The van der Waals surface area contributed by atoms with E-state index in [-0.39, 0.29) is 78.5 Å². The average Bonchev–Trinajstić information content (AvgIpc) is 3.10. The molecule has 3 heterocycles. The quantitative estimate of drug-likeness (QED) is 0.429. The number of thiophene rings is 1. The summed E-state index contributed by atoms with van der Waals surface area (Å²) in [5, 5.41) is 19.8. The third kappa shape index (κ3) is 3.03. The van der Waals surface area contributed by atoms with Crippen molar-refractivity contribution in [3.05, 3.63) is 34.4 Å². The van der Waals surface area contributed by atoms with Crippen LogP contribution >= 0.6 is 22.9 Å². The maximum absolute atomic E-state index is 16.2. The number of fused-ring (bicyclic) bond motifs is 1. The number of nitrogens with zero attached hydrogens (tertiary/aromatic N) is 4. The fourth-order valence-electron chi connectivity index (χ4n) is 4.10. The first-order valence-corrected chi connectivity index (χ1v) is 11.2. The lowest BCUT2D eigenvalue weighted by Gasteiger charge is -2.25. The van der Waals surface area contributed by atoms with Crippen molar-refractivity contribution in [3.8, 4) is 29.0 Å². The van der Waals surface area contributed by atoms with Gasteiger partial charge in [-0.05, 0) is 11.6 Å². The summed E-state index contributed by atoms with van der Waals surface area (Å²) < 4.78 is 42.0. The van der Waals surface area contributed by atoms with Gasteiger partial charge in [-0.2, -0.15) is 15.2 Å². The molecule has 1 aliphatic heterocycles. The van der Waals surface area contributed by atoms with Crippen molar-refractivity contribution in [3.63, 3.8) is 0 Å². The van der Waals surface area contributed by atoms with Gasteiger partial charge in [-0.25, -0.2) is 8.78 Å². The highest BCUT2D eigenvalue weighted by Crippen LogP contribution is 2.50. The predicted octanol–water partition coefficient (Wildman–Crippen LogP) is 4.10. The van der Waals surface area contributed by atoms with E-state index < -0.39 is 17.7 Å². The van der Waals surface area contributed by atoms with E-state index in [0.717, 1.165) is 17.4 Å². The molecule has 34 heavy (non-hydrogen) atoms. The van der Waals surface area contributed by atoms with Crippen LogP contribution in [-0.4, -0.2) is 48.5 Å². The number of benzene rings is 2. The summed E-state index contributed by atoms with van der Waals surface area (Å²) in [5.74, 6) is -1.05. The summed E-state index contributed by atoms with van der Waals surface area (Å²) >= 11 is 7.62. The van der Waals surface area contributed by atoms with Crippen LogP contribution in [0.25, 0.3) is 32.1 Å². The lowest BCUT2D eigenvalue weighted by atomic mass is 9.96. The zero-order chi connectivity index (χ0) is 24.3. The SMILES string of the molecule is COc1nc2c3c(c(Cl)c(-c4ccc(F)c5sc(N)c(C#N)c45)c(F)c3n1)OCC(CO)N2C. The summed E-state index contributed by atoms with van der Waals surface area (Å²) in [5.41, 5.74) is 5.88. The molecule has 0 saturated carbocycles. The number of aliphatic hydroxyl groups is 1. The Morgan fingerprint density at radius 2 is 2.15 bits per heavy atom. The van der Waals surface area contributed by atoms with Crippen molar-refractivity contribution in [2.24, 2.45) is 0 Å². The Hall–Kier alpha value is -3.46. The highest BCUT2D eigenvalue weighted by Gasteiger charge is 2.33. The van der Waals surface area contributed by atoms with Crippen molar-refractivity contribution < 1.29 is 23.4 Å². The van der Waals surface area contributed by atoms with Crippen molar-refractivity contribution in [2.75, 3.05) is 38.0 Å². The number of hydrogen-bond acceptors (Lipinski definition) is 9. The molecule has 0 fully saturated rings. The molecule has 0 amide bonds. The van der Waals surface area contributed by atoms with E-state index in [9.17, 15) is 14.8 Å². The lowest BCUT2D eigenvalue weighted by molar-refractivity contribution is 0.206. The number of nitriles is 1. The average molecular weight is 504 g/mol. The molecule has 1 unspecified atom stereocenters. The van der Waals surface area contributed by atoms with Crippen molar-refractivity contribution in [2.45, 2.75) is 6.04 Å². The number of methoxy groups -OCH3 is 1. The second-order valence-corrected chi connectivity index (χ2v) is 9.03. The molecule has 174 valence electrons. The number of anilines is 2. The van der Waals surface area contributed by atoms with Gasteiger partial charge < -0.3 is 25.2 Å². The van der Waals surface area contributed by atoms with E-state index in [2.05, 4.69) is 9.97 Å². The number of nitrogens with two attached hydrogens (primary N) is 1. The molecule has 12 heteroatoms. The highest BCUT2D eigenvalue weighted by molar-refractivity contribution is 7.23. The molecule has 2 aromatic carbocycles. The van der Waals surface area contributed by atoms with Crippen molar-refractivity contribution in [1.29, 1.82) is 5.26 Å². The molecule has 0 bridgehead atoms. The molecule has 1 atom stereocenters. The van der Waals surface area contributed by atoms with Gasteiger partial charge in [0.25, 0.3) is 0 Å². The summed E-state index contributed by atoms with van der Waals surface area (Å²) in [6.45, 7) is -0.233. The summed E-state index contributed by atoms with van der Waals surface area (Å²) in [6, 6.07) is 3.86. The summed E-state index contributed by atoms with van der Waals surface area (Å²) in [7, 11) is 3.02. The van der Waals surface area contributed by atoms with Gasteiger partial charge in [0.2, 0.25) is 0 Å². The fourth-order valence-corrected chi connectivity index (χ4v) is 5.38. The third-order valence-corrected chi connectivity index (χ3v) is 7.23. The topological polar surface area (TPSA) is 118 Å². The van der Waals surface area contributed by atoms with Gasteiger partial charge in [-0.1, -0.05) is 17.7 Å². The normalized spacial score (nSPS) is 15.3. The minimum absolute atomic E-state index is 0.0258. The van der Waals surface area contributed by atoms with Gasteiger partial charge in [-0.3, -0.25) is 0 Å². The van der Waals surface area contributed by atoms with Gasteiger partial charge in [0.1, 0.15) is 34.8 Å². The maximum Gasteiger partial charge on any atom is 0.318 e. The van der Waals surface area contributed by atoms with Gasteiger partial charge in [0.05, 0.1) is 40.4 Å². The predicted molar refractivity (Wildman–Crippen MR) is 126 cm³/mol. The summed E-state index contributed by atoms with van der Waals surface area (Å²) in [4.78, 5) is 10.2. The van der Waals surface area contributed by atoms with Gasteiger partial charge in [0, 0.05) is 18.0 Å². The van der Waals surface area contributed by atoms with E-state index in [1.165, 1.54) is 13.2 Å². The largest absolute Gasteiger partial charge is 0.489 e. The molecular formula is C22H16ClF2N5O3S. The van der Waals surface area contributed by atoms with Crippen LogP contribution in [0.3, 0.4) is 0 Å². The fraction of sp³-hybridized carbons (Fsp3) is 0.227. The van der Waals surface area contributed by atoms with E-state index in [0.29, 0.717) is 0 Å². The Bertz CT molecular complexity index is 1540. The molecule has 3 N–H and O–H groups in total. The second kappa shape index (κ2) is 8.09. The Labute approximate surface area is 200 Å². The first kappa shape index (κ1) is 22.3. The Morgan fingerprint density at radius 3 is 2.82 bits per heavy atom. The van der Waals surface area contributed by atoms with Crippen LogP contribution in [0, 0.1) is 23.0 Å². The minimum atomic E-state index is -0.827. The lowest BCUT2D eigenvalue weighted by Crippen LogP contribution is -2.39. The number of aromatic nitrogens is 2. The number of ether oxygens (including phenoxy) is 2. The van der Waals surface area contributed by atoms with Crippen LogP contribution in [0.2, 0.25) is 5.02 Å². The molecule has 0 saturated heterocycles. The Balaban J connectivity index is 1.94. The highest BCUT2D eigenvalue weighted by atomic mass is 35.5. The van der Waals surface area contributed by atoms with E-state index in [4.69, 9.17) is 26.8 Å². The van der Waals surface area contributed by atoms with E-state index in [1.54, 1.807) is 11.9 Å². The molecular weight excluding hydrogens is 488 g/mol. The van der Waals surface area contributed by atoms with Crippen LogP contribution in [0.15, 0.2) is 12.1 Å². The molecule has 0 spiro atoms. The van der Waals surface area contributed by atoms with Crippen LogP contribution in [0.4, 0.5) is 19.6 Å². The maximum atomic E-state index is 16.2. The smallest absolute Gasteiger partial charge is 0.318 e. The zero-order valence-electron chi connectivity index (χ0n) is 17.8. The number of aliphatic hydroxyl groups excluding tert-OH is 1. The Kier molecular flexibility index (Phi) is 5.31. The molecule has 2 aromatic heterocycles. The standard InChI is InChI=1S/C22H16ClF2N5O3S/c1-30-8(6-31)7-33-18-14-17(28-22(32-2)29-21(14)30)16(25)13(15(18)23)9-3-4-11(24)19-12(9)10(5-26)20(27)34-19/h3-4,8,31H,6-7,27H2,1-2H3. The molecule has 0 radical (unpaired) electrons. The van der Waals surface area contributed by atoms with Gasteiger partial charge in [-0.15, -0.1) is 11.3 Å². The Morgan fingerprint density at radius 1 is 1.38 bits per heavy atom. The van der Waals surface area contributed by atoms with Crippen LogP contribution in [-0.2, 0) is 0 Å². The molecule has 5 rings (SSSR count). The number of nitrogen functional groups attached to an aromatic ring is 1.